The molecular weight excluding hydrogens is 194 g/mol. The van der Waals surface area contributed by atoms with Gasteiger partial charge in [-0.2, -0.15) is 0 Å². The molecule has 4 nitrogen and oxygen atoms in total. The molecule has 1 heterocycles. The molecule has 0 radical (unpaired) electrons. The lowest BCUT2D eigenvalue weighted by Gasteiger charge is -2.37. The maximum atomic E-state index is 5.30. The molecule has 0 aliphatic carbocycles. The highest BCUT2D eigenvalue weighted by Gasteiger charge is 2.32. The smallest absolute Gasteiger partial charge is 0.0506 e. The zero-order chi connectivity index (χ0) is 11.1. The maximum absolute atomic E-state index is 5.30. The molecule has 2 atom stereocenters. The largest absolute Gasteiger partial charge is 0.384 e. The first-order chi connectivity index (χ1) is 7.33. The molecule has 90 valence electrons. The average molecular weight is 217 g/mol. The molecule has 1 rings (SSSR count). The van der Waals surface area contributed by atoms with E-state index in [1.165, 1.54) is 0 Å². The van der Waals surface area contributed by atoms with Gasteiger partial charge in [0, 0.05) is 52.9 Å². The van der Waals surface area contributed by atoms with Gasteiger partial charge in [-0.1, -0.05) is 0 Å². The van der Waals surface area contributed by atoms with Crippen LogP contribution in [0.1, 0.15) is 0 Å². The summed E-state index contributed by atoms with van der Waals surface area (Å²) in [7, 11) is 5.27. The predicted molar refractivity (Wildman–Crippen MR) is 59.0 cm³/mol. The zero-order valence-corrected chi connectivity index (χ0v) is 9.99. The van der Waals surface area contributed by atoms with Crippen LogP contribution in [-0.2, 0) is 14.2 Å². The van der Waals surface area contributed by atoms with Crippen molar-refractivity contribution in [1.82, 2.24) is 5.32 Å². The topological polar surface area (TPSA) is 39.7 Å². The normalized spacial score (nSPS) is 31.8. The fourth-order valence-electron chi connectivity index (χ4n) is 2.40. The molecule has 1 N–H and O–H groups in total. The number of methoxy groups -OCH3 is 3. The van der Waals surface area contributed by atoms with Gasteiger partial charge in [0.15, 0.2) is 0 Å². The molecular formula is C11H23NO3. The van der Waals surface area contributed by atoms with Gasteiger partial charge in [0.1, 0.15) is 0 Å². The van der Waals surface area contributed by atoms with Crippen molar-refractivity contribution < 1.29 is 14.2 Å². The van der Waals surface area contributed by atoms with Crippen molar-refractivity contribution in [3.05, 3.63) is 0 Å². The molecule has 2 unspecified atom stereocenters. The highest BCUT2D eigenvalue weighted by molar-refractivity contribution is 4.84. The van der Waals surface area contributed by atoms with E-state index in [0.29, 0.717) is 17.8 Å². The fraction of sp³-hybridized carbons (Fsp3) is 1.00. The second kappa shape index (κ2) is 7.17. The second-order valence-corrected chi connectivity index (χ2v) is 4.21. The minimum absolute atomic E-state index is 0.531. The summed E-state index contributed by atoms with van der Waals surface area (Å²) in [5, 5.41) is 3.43. The third-order valence-corrected chi connectivity index (χ3v) is 3.14. The van der Waals surface area contributed by atoms with Crippen LogP contribution in [-0.4, -0.2) is 54.2 Å². The Morgan fingerprint density at radius 3 is 1.73 bits per heavy atom. The second-order valence-electron chi connectivity index (χ2n) is 4.21. The van der Waals surface area contributed by atoms with Crippen molar-refractivity contribution >= 4 is 0 Å². The van der Waals surface area contributed by atoms with E-state index in [4.69, 9.17) is 14.2 Å². The summed E-state index contributed by atoms with van der Waals surface area (Å²) < 4.78 is 15.8. The van der Waals surface area contributed by atoms with Crippen LogP contribution < -0.4 is 5.32 Å². The van der Waals surface area contributed by atoms with Gasteiger partial charge >= 0.3 is 0 Å². The molecule has 1 aliphatic rings. The molecule has 0 saturated carbocycles. The van der Waals surface area contributed by atoms with Gasteiger partial charge in [-0.3, -0.25) is 0 Å². The highest BCUT2D eigenvalue weighted by Crippen LogP contribution is 2.25. The number of hydrogen-bond donors (Lipinski definition) is 1. The predicted octanol–water partition coefficient (Wildman–Crippen LogP) is 0.377. The van der Waals surface area contributed by atoms with Crippen LogP contribution in [0, 0.1) is 17.8 Å². The lowest BCUT2D eigenvalue weighted by Crippen LogP contribution is -2.48. The van der Waals surface area contributed by atoms with E-state index < -0.39 is 0 Å². The first-order valence-electron chi connectivity index (χ1n) is 5.51. The molecule has 0 spiro atoms. The minimum atomic E-state index is 0.531. The first kappa shape index (κ1) is 12.9. The molecule has 15 heavy (non-hydrogen) atoms. The summed E-state index contributed by atoms with van der Waals surface area (Å²) in [5.74, 6) is 1.60. The Bertz CT molecular complexity index is 148. The van der Waals surface area contributed by atoms with Gasteiger partial charge in [-0.25, -0.2) is 0 Å². The Balaban J connectivity index is 2.53. The molecule has 4 heteroatoms. The molecule has 0 aromatic carbocycles. The third kappa shape index (κ3) is 3.72. The lowest BCUT2D eigenvalue weighted by atomic mass is 9.79. The van der Waals surface area contributed by atoms with Gasteiger partial charge in [0.05, 0.1) is 13.2 Å². The fourth-order valence-corrected chi connectivity index (χ4v) is 2.40. The Hall–Kier alpha value is -0.160. The number of piperidine rings is 1. The molecule has 0 amide bonds. The van der Waals surface area contributed by atoms with Gasteiger partial charge < -0.3 is 19.5 Å². The van der Waals surface area contributed by atoms with Crippen LogP contribution in [0.5, 0.6) is 0 Å². The van der Waals surface area contributed by atoms with Crippen molar-refractivity contribution in [3.8, 4) is 0 Å². The van der Waals surface area contributed by atoms with E-state index in [-0.39, 0.29) is 0 Å². The molecule has 0 bridgehead atoms. The third-order valence-electron chi connectivity index (χ3n) is 3.14. The SMILES string of the molecule is COCC1CNCC(COC)C1COC. The Morgan fingerprint density at radius 1 is 0.867 bits per heavy atom. The van der Waals surface area contributed by atoms with Crippen molar-refractivity contribution in [3.63, 3.8) is 0 Å². The summed E-state index contributed by atoms with van der Waals surface area (Å²) in [6.07, 6.45) is 0. The van der Waals surface area contributed by atoms with E-state index >= 15 is 0 Å². The van der Waals surface area contributed by atoms with Crippen molar-refractivity contribution in [2.75, 3.05) is 54.2 Å². The minimum Gasteiger partial charge on any atom is -0.384 e. The molecule has 1 fully saturated rings. The Kier molecular flexibility index (Phi) is 6.17. The quantitative estimate of drug-likeness (QED) is 0.698. The van der Waals surface area contributed by atoms with E-state index in [9.17, 15) is 0 Å². The first-order valence-corrected chi connectivity index (χ1v) is 5.51. The standard InChI is InChI=1S/C11H23NO3/c1-13-6-9-4-12-5-10(7-14-2)11(9)8-15-3/h9-12H,4-8H2,1-3H3. The summed E-state index contributed by atoms with van der Waals surface area (Å²) in [4.78, 5) is 0. The molecule has 0 aromatic heterocycles. The van der Waals surface area contributed by atoms with E-state index in [2.05, 4.69) is 5.32 Å². The molecule has 1 aliphatic heterocycles. The average Bonchev–Trinajstić information content (AvgIpc) is 2.23. The number of rotatable bonds is 6. The molecule has 1 saturated heterocycles. The summed E-state index contributed by atoms with van der Waals surface area (Å²) in [6, 6.07) is 0. The highest BCUT2D eigenvalue weighted by atomic mass is 16.5. The van der Waals surface area contributed by atoms with Crippen LogP contribution in [0.15, 0.2) is 0 Å². The van der Waals surface area contributed by atoms with Crippen LogP contribution in [0.2, 0.25) is 0 Å². The van der Waals surface area contributed by atoms with Crippen LogP contribution in [0.25, 0.3) is 0 Å². The van der Waals surface area contributed by atoms with Crippen molar-refractivity contribution in [1.29, 1.82) is 0 Å². The van der Waals surface area contributed by atoms with Crippen LogP contribution in [0.4, 0.5) is 0 Å². The van der Waals surface area contributed by atoms with Crippen LogP contribution in [0.3, 0.4) is 0 Å². The Labute approximate surface area is 92.3 Å². The summed E-state index contributed by atoms with van der Waals surface area (Å²) >= 11 is 0. The van der Waals surface area contributed by atoms with Crippen molar-refractivity contribution in [2.45, 2.75) is 0 Å². The van der Waals surface area contributed by atoms with Gasteiger partial charge in [-0.05, 0) is 5.92 Å². The summed E-state index contributed by atoms with van der Waals surface area (Å²) in [5.41, 5.74) is 0. The summed E-state index contributed by atoms with van der Waals surface area (Å²) in [6.45, 7) is 4.41. The van der Waals surface area contributed by atoms with E-state index in [1.54, 1.807) is 21.3 Å². The number of ether oxygens (including phenoxy) is 3. The zero-order valence-electron chi connectivity index (χ0n) is 9.99. The van der Waals surface area contributed by atoms with E-state index in [1.807, 2.05) is 0 Å². The number of hydrogen-bond acceptors (Lipinski definition) is 4. The van der Waals surface area contributed by atoms with E-state index in [0.717, 1.165) is 32.9 Å². The monoisotopic (exact) mass is 217 g/mol. The van der Waals surface area contributed by atoms with Crippen molar-refractivity contribution in [2.24, 2.45) is 17.8 Å². The van der Waals surface area contributed by atoms with Gasteiger partial charge in [-0.15, -0.1) is 0 Å². The van der Waals surface area contributed by atoms with Gasteiger partial charge in [0.2, 0.25) is 0 Å². The Morgan fingerprint density at radius 2 is 1.33 bits per heavy atom. The molecule has 0 aromatic rings. The van der Waals surface area contributed by atoms with Crippen LogP contribution >= 0.6 is 0 Å². The number of nitrogens with one attached hydrogen (secondary N) is 1. The van der Waals surface area contributed by atoms with Gasteiger partial charge in [0.25, 0.3) is 0 Å². The maximum Gasteiger partial charge on any atom is 0.0506 e. The lowest BCUT2D eigenvalue weighted by molar-refractivity contribution is -0.00283.